The number of benzene rings is 4. The number of rotatable bonds is 10. The molecule has 0 N–H and O–H groups in total. The molecule has 0 bridgehead atoms. The Bertz CT molecular complexity index is 3310. The highest BCUT2D eigenvalue weighted by atomic mass is 19.1. The van der Waals surface area contributed by atoms with Gasteiger partial charge in [0.25, 0.3) is 0 Å². The molecule has 0 aromatic heterocycles. The molecule has 74 heavy (non-hydrogen) atoms. The van der Waals surface area contributed by atoms with Gasteiger partial charge in [-0.05, 0) is 185 Å². The Hall–Kier alpha value is -7.06. The molecule has 8 atom stereocenters. The first-order valence-electron chi connectivity index (χ1n) is 26.3. The van der Waals surface area contributed by atoms with Crippen molar-refractivity contribution in [2.24, 2.45) is 17.8 Å². The third kappa shape index (κ3) is 8.88. The standard InChI is InChI=1S/C66H58F6N2/c1-39-9-3-19-59(71)65(39)73(55-35-47(43-11-5-15-51(67)31-43)29-48(36-55)44-12-6-16-52(68)32-44)61-27-23-41-22-26-58-62(28-24-42-21-25-57(61)63(41)64(42)58)74(66-40(2)10-4-20-60(66)72)56-37-49(45-13-7-17-53(69)33-45)30-50(38-56)46-14-8-18-54(70)34-46/h3,5-7,9,11-16,19-26,28-34,37-38,40,47,53,55,58,61,64,66H,4,8,10,17-18,27,35-36H2,1-2H3. The average Bonchev–Trinajstić information content (AvgIpc) is 3.41. The smallest absolute Gasteiger partial charge is 0.146 e. The van der Waals surface area contributed by atoms with E-state index in [-0.39, 0.29) is 71.3 Å². The van der Waals surface area contributed by atoms with E-state index >= 15 is 26.3 Å². The number of alkyl halides is 1. The molecule has 374 valence electrons. The van der Waals surface area contributed by atoms with Crippen molar-refractivity contribution < 1.29 is 26.3 Å². The summed E-state index contributed by atoms with van der Waals surface area (Å²) in [5.74, 6) is -2.17. The maximum atomic E-state index is 17.0. The van der Waals surface area contributed by atoms with Gasteiger partial charge < -0.3 is 9.80 Å². The van der Waals surface area contributed by atoms with Crippen LogP contribution in [0.1, 0.15) is 92.0 Å². The number of aryl methyl sites for hydroxylation is 1. The summed E-state index contributed by atoms with van der Waals surface area (Å²) in [6, 6.07) is 23.3. The summed E-state index contributed by atoms with van der Waals surface area (Å²) < 4.78 is 94.2. The monoisotopic (exact) mass is 992 g/mol. The molecule has 0 saturated carbocycles. The maximum Gasteiger partial charge on any atom is 0.146 e. The Morgan fingerprint density at radius 3 is 2.30 bits per heavy atom. The largest absolute Gasteiger partial charge is 0.358 e. The highest BCUT2D eigenvalue weighted by molar-refractivity contribution is 5.85. The number of hydrogen-bond donors (Lipinski definition) is 0. The summed E-state index contributed by atoms with van der Waals surface area (Å²) in [6.45, 7) is 4.05. The molecule has 0 radical (unpaired) electrons. The lowest BCUT2D eigenvalue weighted by molar-refractivity contribution is 0.363. The predicted molar refractivity (Wildman–Crippen MR) is 288 cm³/mol. The van der Waals surface area contributed by atoms with E-state index in [9.17, 15) is 0 Å². The van der Waals surface area contributed by atoms with Crippen LogP contribution >= 0.6 is 0 Å². The summed E-state index contributed by atoms with van der Waals surface area (Å²) in [4.78, 5) is 4.45. The zero-order valence-corrected chi connectivity index (χ0v) is 41.6. The fourth-order valence-corrected chi connectivity index (χ4v) is 13.2. The molecule has 12 rings (SSSR count). The molecule has 0 spiro atoms. The molecule has 8 heteroatoms. The van der Waals surface area contributed by atoms with E-state index < -0.39 is 12.2 Å². The minimum atomic E-state index is -1.15. The summed E-state index contributed by atoms with van der Waals surface area (Å²) in [5.41, 5.74) is 12.9. The van der Waals surface area contributed by atoms with Gasteiger partial charge in [0.15, 0.2) is 0 Å². The van der Waals surface area contributed by atoms with Gasteiger partial charge in [0, 0.05) is 48.0 Å². The van der Waals surface area contributed by atoms with Crippen LogP contribution in [0.2, 0.25) is 0 Å². The van der Waals surface area contributed by atoms with Gasteiger partial charge in [-0.15, -0.1) is 0 Å². The Morgan fingerprint density at radius 2 is 1.51 bits per heavy atom. The Balaban J connectivity index is 0.995. The van der Waals surface area contributed by atoms with Gasteiger partial charge in [-0.1, -0.05) is 110 Å². The molecule has 0 amide bonds. The SMILES string of the molecule is Cc1cccc(F)c1N(C1CC(c2cccc(F)c2)=CC(c2cccc(F)c2)C1)C1CC=C2C=CC3C(N(c4cc(C5=CCCC(F)=C5)cc(C5=CC(F)CC=C5)c4)C4C(F)=CCCC4C)=CC=C4C=CC1=C2C43. The van der Waals surface area contributed by atoms with E-state index in [1.54, 1.807) is 48.6 Å². The molecule has 0 fully saturated rings. The van der Waals surface area contributed by atoms with Crippen LogP contribution in [0.25, 0.3) is 16.7 Å². The van der Waals surface area contributed by atoms with Gasteiger partial charge >= 0.3 is 0 Å². The van der Waals surface area contributed by atoms with Crippen molar-refractivity contribution in [2.75, 3.05) is 9.80 Å². The van der Waals surface area contributed by atoms with Gasteiger partial charge in [0.1, 0.15) is 35.3 Å². The molecule has 4 aromatic carbocycles. The van der Waals surface area contributed by atoms with E-state index in [1.807, 2.05) is 61.5 Å². The van der Waals surface area contributed by atoms with E-state index in [2.05, 4.69) is 65.3 Å². The topological polar surface area (TPSA) is 6.48 Å². The number of hydrogen-bond acceptors (Lipinski definition) is 2. The van der Waals surface area contributed by atoms with Gasteiger partial charge in [-0.25, -0.2) is 26.3 Å². The minimum Gasteiger partial charge on any atom is -0.358 e. The van der Waals surface area contributed by atoms with Crippen molar-refractivity contribution in [3.63, 3.8) is 0 Å². The van der Waals surface area contributed by atoms with E-state index in [0.29, 0.717) is 44.2 Å². The first-order valence-corrected chi connectivity index (χ1v) is 26.3. The fourth-order valence-electron chi connectivity index (χ4n) is 13.2. The number of nitrogens with zero attached hydrogens (tertiary/aromatic N) is 2. The lowest BCUT2D eigenvalue weighted by atomic mass is 9.63. The summed E-state index contributed by atoms with van der Waals surface area (Å²) in [5, 5.41) is 0. The van der Waals surface area contributed by atoms with Crippen molar-refractivity contribution >= 4 is 28.1 Å². The van der Waals surface area contributed by atoms with Crippen LogP contribution in [0.5, 0.6) is 0 Å². The maximum absolute atomic E-state index is 17.0. The van der Waals surface area contributed by atoms with Crippen LogP contribution in [-0.4, -0.2) is 24.3 Å². The third-order valence-electron chi connectivity index (χ3n) is 16.6. The molecule has 8 unspecified atom stereocenters. The highest BCUT2D eigenvalue weighted by Crippen LogP contribution is 2.54. The van der Waals surface area contributed by atoms with Crippen molar-refractivity contribution in [2.45, 2.75) is 95.4 Å². The van der Waals surface area contributed by atoms with Crippen LogP contribution in [0.3, 0.4) is 0 Å². The number of halogens is 6. The molecule has 8 aliphatic carbocycles. The highest BCUT2D eigenvalue weighted by Gasteiger charge is 2.46. The van der Waals surface area contributed by atoms with Crippen LogP contribution < -0.4 is 9.80 Å². The second kappa shape index (κ2) is 19.7. The Labute approximate surface area is 430 Å². The van der Waals surface area contributed by atoms with Gasteiger partial charge in [0.05, 0.1) is 17.8 Å². The van der Waals surface area contributed by atoms with E-state index in [0.717, 1.165) is 84.6 Å². The van der Waals surface area contributed by atoms with Gasteiger partial charge in [0.2, 0.25) is 0 Å². The van der Waals surface area contributed by atoms with Crippen LogP contribution in [0.15, 0.2) is 210 Å². The lowest BCUT2D eigenvalue weighted by Crippen LogP contribution is -2.49. The number of anilines is 2. The summed E-state index contributed by atoms with van der Waals surface area (Å²) in [6.07, 6.45) is 31.4. The minimum absolute atomic E-state index is 0.0765. The molecule has 0 heterocycles. The molecular weight excluding hydrogens is 935 g/mol. The zero-order valence-electron chi connectivity index (χ0n) is 41.6. The number of para-hydroxylation sites is 1. The van der Waals surface area contributed by atoms with Crippen molar-refractivity contribution in [3.05, 3.63) is 255 Å². The third-order valence-corrected chi connectivity index (χ3v) is 16.6. The first-order chi connectivity index (χ1) is 35.9. The summed E-state index contributed by atoms with van der Waals surface area (Å²) in [7, 11) is 0. The Kier molecular flexibility index (Phi) is 12.7. The number of allylic oxidation sites excluding steroid dienone is 18. The molecule has 0 saturated heterocycles. The van der Waals surface area contributed by atoms with E-state index in [4.69, 9.17) is 0 Å². The van der Waals surface area contributed by atoms with Crippen LogP contribution in [0.4, 0.5) is 37.7 Å². The second-order valence-electron chi connectivity index (χ2n) is 21.3. The molecule has 0 aliphatic heterocycles. The molecule has 2 nitrogen and oxygen atoms in total. The molecule has 4 aromatic rings. The molecule has 8 aliphatic rings. The van der Waals surface area contributed by atoms with Crippen molar-refractivity contribution in [1.82, 2.24) is 0 Å². The lowest BCUT2D eigenvalue weighted by Gasteiger charge is -2.50. The normalized spacial score (nSPS) is 26.9. The van der Waals surface area contributed by atoms with Gasteiger partial charge in [-0.3, -0.25) is 0 Å². The average molecular weight is 993 g/mol. The first kappa shape index (κ1) is 47.9. The van der Waals surface area contributed by atoms with Crippen molar-refractivity contribution in [3.8, 4) is 0 Å². The quantitative estimate of drug-likeness (QED) is 0.146. The Morgan fingerprint density at radius 1 is 0.703 bits per heavy atom. The van der Waals surface area contributed by atoms with E-state index in [1.165, 1.54) is 18.2 Å². The van der Waals surface area contributed by atoms with Crippen molar-refractivity contribution in [1.29, 1.82) is 0 Å². The predicted octanol–water partition coefficient (Wildman–Crippen LogP) is 17.3. The van der Waals surface area contributed by atoms with Gasteiger partial charge in [-0.2, -0.15) is 0 Å². The summed E-state index contributed by atoms with van der Waals surface area (Å²) >= 11 is 0. The zero-order chi connectivity index (χ0) is 50.8. The molecular formula is C66H58F6N2. The fraction of sp³-hybridized carbons (Fsp3) is 0.273. The second-order valence-corrected chi connectivity index (χ2v) is 21.3. The van der Waals surface area contributed by atoms with Crippen LogP contribution in [0, 0.1) is 42.1 Å². The van der Waals surface area contributed by atoms with Crippen LogP contribution in [-0.2, 0) is 0 Å².